The molecule has 0 aliphatic rings. The zero-order valence-corrected chi connectivity index (χ0v) is 10.4. The lowest BCUT2D eigenvalue weighted by Gasteiger charge is -2.21. The highest BCUT2D eigenvalue weighted by molar-refractivity contribution is 6.04. The van der Waals surface area contributed by atoms with Crippen molar-refractivity contribution in [3.63, 3.8) is 0 Å². The maximum absolute atomic E-state index is 12.3. The first kappa shape index (κ1) is 14.0. The van der Waals surface area contributed by atoms with E-state index in [0.29, 0.717) is 13.1 Å². The van der Waals surface area contributed by atoms with E-state index in [1.54, 1.807) is 23.1 Å². The lowest BCUT2D eigenvalue weighted by Crippen LogP contribution is -2.33. The molecule has 0 fully saturated rings. The Morgan fingerprint density at radius 1 is 1.33 bits per heavy atom. The van der Waals surface area contributed by atoms with Crippen molar-refractivity contribution in [2.24, 2.45) is 0 Å². The SMILES string of the molecule is C=CCN(CCC)C(=O)c1ccccc1C(=O)O. The summed E-state index contributed by atoms with van der Waals surface area (Å²) in [5, 5.41) is 9.07. The molecule has 0 aliphatic heterocycles. The van der Waals surface area contributed by atoms with E-state index in [4.69, 9.17) is 5.11 Å². The van der Waals surface area contributed by atoms with Crippen molar-refractivity contribution in [1.82, 2.24) is 4.90 Å². The fourth-order valence-electron chi connectivity index (χ4n) is 1.73. The zero-order valence-electron chi connectivity index (χ0n) is 10.4. The molecule has 0 bridgehead atoms. The first-order valence-electron chi connectivity index (χ1n) is 5.84. The Hall–Kier alpha value is -2.10. The molecular weight excluding hydrogens is 230 g/mol. The van der Waals surface area contributed by atoms with Gasteiger partial charge in [0.05, 0.1) is 11.1 Å². The summed E-state index contributed by atoms with van der Waals surface area (Å²) in [4.78, 5) is 24.9. The van der Waals surface area contributed by atoms with E-state index >= 15 is 0 Å². The predicted octanol–water partition coefficient (Wildman–Crippen LogP) is 2.42. The minimum Gasteiger partial charge on any atom is -0.478 e. The van der Waals surface area contributed by atoms with Crippen LogP contribution in [0.2, 0.25) is 0 Å². The van der Waals surface area contributed by atoms with Crippen molar-refractivity contribution in [3.8, 4) is 0 Å². The fraction of sp³-hybridized carbons (Fsp3) is 0.286. The number of carboxylic acid groups (broad SMARTS) is 1. The number of hydrogen-bond donors (Lipinski definition) is 1. The van der Waals surface area contributed by atoms with Gasteiger partial charge in [-0.15, -0.1) is 6.58 Å². The molecular formula is C14H17NO3. The van der Waals surface area contributed by atoms with Gasteiger partial charge in [-0.3, -0.25) is 4.79 Å². The van der Waals surface area contributed by atoms with Gasteiger partial charge in [0.1, 0.15) is 0 Å². The van der Waals surface area contributed by atoms with Crippen molar-refractivity contribution < 1.29 is 14.7 Å². The lowest BCUT2D eigenvalue weighted by atomic mass is 10.1. The molecule has 0 atom stereocenters. The van der Waals surface area contributed by atoms with Crippen LogP contribution < -0.4 is 0 Å². The number of rotatable bonds is 6. The van der Waals surface area contributed by atoms with Gasteiger partial charge in [0, 0.05) is 13.1 Å². The Morgan fingerprint density at radius 3 is 2.44 bits per heavy atom. The molecule has 0 radical (unpaired) electrons. The van der Waals surface area contributed by atoms with Gasteiger partial charge in [-0.1, -0.05) is 25.1 Å². The Bertz CT molecular complexity index is 454. The molecule has 1 amide bonds. The number of hydrogen-bond acceptors (Lipinski definition) is 2. The Labute approximate surface area is 107 Å². The summed E-state index contributed by atoms with van der Waals surface area (Å²) in [6, 6.07) is 6.25. The molecule has 1 rings (SSSR count). The third-order valence-electron chi connectivity index (χ3n) is 2.52. The average molecular weight is 247 g/mol. The summed E-state index contributed by atoms with van der Waals surface area (Å²) in [6.07, 6.45) is 2.45. The lowest BCUT2D eigenvalue weighted by molar-refractivity contribution is 0.0678. The molecule has 0 aromatic heterocycles. The number of nitrogens with zero attached hydrogens (tertiary/aromatic N) is 1. The second-order valence-electron chi connectivity index (χ2n) is 3.89. The van der Waals surface area contributed by atoms with Crippen LogP contribution in [0, 0.1) is 0 Å². The van der Waals surface area contributed by atoms with E-state index < -0.39 is 5.97 Å². The highest BCUT2D eigenvalue weighted by Crippen LogP contribution is 2.12. The van der Waals surface area contributed by atoms with Crippen molar-refractivity contribution in [2.75, 3.05) is 13.1 Å². The Balaban J connectivity index is 3.07. The van der Waals surface area contributed by atoms with E-state index in [2.05, 4.69) is 6.58 Å². The first-order valence-corrected chi connectivity index (χ1v) is 5.84. The quantitative estimate of drug-likeness (QED) is 0.785. The van der Waals surface area contributed by atoms with Gasteiger partial charge >= 0.3 is 5.97 Å². The maximum atomic E-state index is 12.3. The molecule has 1 aromatic rings. The Morgan fingerprint density at radius 2 is 1.94 bits per heavy atom. The third-order valence-corrected chi connectivity index (χ3v) is 2.52. The molecule has 4 nitrogen and oxygen atoms in total. The first-order chi connectivity index (χ1) is 8.61. The van der Waals surface area contributed by atoms with Crippen LogP contribution in [0.1, 0.15) is 34.1 Å². The molecule has 1 N–H and O–H groups in total. The second kappa shape index (κ2) is 6.59. The molecule has 0 spiro atoms. The minimum atomic E-state index is -1.09. The van der Waals surface area contributed by atoms with Gasteiger partial charge in [0.15, 0.2) is 0 Å². The Kier molecular flexibility index (Phi) is 5.11. The van der Waals surface area contributed by atoms with Gasteiger partial charge in [-0.25, -0.2) is 4.79 Å². The van der Waals surface area contributed by atoms with E-state index in [9.17, 15) is 9.59 Å². The van der Waals surface area contributed by atoms with E-state index in [-0.39, 0.29) is 17.0 Å². The molecule has 0 aliphatic carbocycles. The van der Waals surface area contributed by atoms with Crippen LogP contribution >= 0.6 is 0 Å². The smallest absolute Gasteiger partial charge is 0.336 e. The minimum absolute atomic E-state index is 0.0349. The number of carbonyl (C=O) groups is 2. The van der Waals surface area contributed by atoms with Gasteiger partial charge in [-0.05, 0) is 18.6 Å². The van der Waals surface area contributed by atoms with Crippen molar-refractivity contribution in [2.45, 2.75) is 13.3 Å². The van der Waals surface area contributed by atoms with Crippen molar-refractivity contribution in [1.29, 1.82) is 0 Å². The van der Waals surface area contributed by atoms with Crippen LogP contribution in [-0.2, 0) is 0 Å². The van der Waals surface area contributed by atoms with Crippen LogP contribution in [0.4, 0.5) is 0 Å². The standard InChI is InChI=1S/C14H17NO3/c1-3-9-15(10-4-2)13(16)11-7-5-6-8-12(11)14(17)18/h3,5-8H,1,4,9-10H2,2H3,(H,17,18). The molecule has 18 heavy (non-hydrogen) atoms. The van der Waals surface area contributed by atoms with Crippen LogP contribution in [0.5, 0.6) is 0 Å². The third kappa shape index (κ3) is 3.20. The maximum Gasteiger partial charge on any atom is 0.336 e. The second-order valence-corrected chi connectivity index (χ2v) is 3.89. The molecule has 96 valence electrons. The normalized spacial score (nSPS) is 9.83. The van der Waals surface area contributed by atoms with Gasteiger partial charge in [0.2, 0.25) is 0 Å². The molecule has 0 unspecified atom stereocenters. The highest BCUT2D eigenvalue weighted by atomic mass is 16.4. The monoisotopic (exact) mass is 247 g/mol. The van der Waals surface area contributed by atoms with Crippen molar-refractivity contribution >= 4 is 11.9 Å². The summed E-state index contributed by atoms with van der Waals surface area (Å²) < 4.78 is 0. The van der Waals surface area contributed by atoms with Crippen LogP contribution in [-0.4, -0.2) is 35.0 Å². The number of carbonyl (C=O) groups excluding carboxylic acids is 1. The predicted molar refractivity (Wildman–Crippen MR) is 69.8 cm³/mol. The summed E-state index contributed by atoms with van der Waals surface area (Å²) >= 11 is 0. The number of carboxylic acids is 1. The molecule has 0 heterocycles. The summed E-state index contributed by atoms with van der Waals surface area (Å²) in [5.74, 6) is -1.36. The van der Waals surface area contributed by atoms with Gasteiger partial charge in [0.25, 0.3) is 5.91 Å². The number of benzene rings is 1. The van der Waals surface area contributed by atoms with E-state index in [1.807, 2.05) is 6.92 Å². The fourth-order valence-corrected chi connectivity index (χ4v) is 1.73. The highest BCUT2D eigenvalue weighted by Gasteiger charge is 2.19. The van der Waals surface area contributed by atoms with Crippen molar-refractivity contribution in [3.05, 3.63) is 48.0 Å². The average Bonchev–Trinajstić information content (AvgIpc) is 2.37. The zero-order chi connectivity index (χ0) is 13.5. The van der Waals surface area contributed by atoms with Crippen LogP contribution in [0.25, 0.3) is 0 Å². The van der Waals surface area contributed by atoms with Crippen LogP contribution in [0.15, 0.2) is 36.9 Å². The van der Waals surface area contributed by atoms with Gasteiger partial charge in [-0.2, -0.15) is 0 Å². The number of amides is 1. The summed E-state index contributed by atoms with van der Waals surface area (Å²) in [5.41, 5.74) is 0.257. The molecule has 1 aromatic carbocycles. The van der Waals surface area contributed by atoms with E-state index in [0.717, 1.165) is 6.42 Å². The van der Waals surface area contributed by atoms with Gasteiger partial charge < -0.3 is 10.0 Å². The molecule has 4 heteroatoms. The molecule has 0 saturated carbocycles. The molecule has 0 saturated heterocycles. The number of aromatic carboxylic acids is 1. The topological polar surface area (TPSA) is 57.6 Å². The van der Waals surface area contributed by atoms with Crippen LogP contribution in [0.3, 0.4) is 0 Å². The summed E-state index contributed by atoms with van der Waals surface area (Å²) in [7, 11) is 0. The largest absolute Gasteiger partial charge is 0.478 e. The van der Waals surface area contributed by atoms with E-state index in [1.165, 1.54) is 12.1 Å². The summed E-state index contributed by atoms with van der Waals surface area (Å²) in [6.45, 7) is 6.57.